The molecule has 0 aliphatic carbocycles. The Kier molecular flexibility index (Phi) is 1.63. The Morgan fingerprint density at radius 2 is 2.00 bits per heavy atom. The van der Waals surface area contributed by atoms with Crippen LogP contribution in [0.15, 0.2) is 35.3 Å². The largest absolute Gasteiger partial charge is 0.385 e. The number of nitrogen functional groups attached to an aromatic ring is 1. The first-order valence-electron chi connectivity index (χ1n) is 5.03. The molecular formula is C12H11N3O. The predicted octanol–water partition coefficient (Wildman–Crippen LogP) is 1.60. The summed E-state index contributed by atoms with van der Waals surface area (Å²) in [7, 11) is 1.94. The van der Waals surface area contributed by atoms with Crippen LogP contribution >= 0.6 is 0 Å². The number of rotatable bonds is 0. The third-order valence-electron chi connectivity index (χ3n) is 2.93. The molecule has 0 atom stereocenters. The van der Waals surface area contributed by atoms with Crippen LogP contribution in [0.25, 0.3) is 21.8 Å². The Hall–Kier alpha value is -2.23. The zero-order valence-corrected chi connectivity index (χ0v) is 8.82. The Morgan fingerprint density at radius 3 is 2.81 bits per heavy atom. The van der Waals surface area contributed by atoms with Crippen LogP contribution < -0.4 is 11.2 Å². The molecule has 3 aromatic rings. The highest BCUT2D eigenvalue weighted by Gasteiger charge is 2.08. The molecule has 3 rings (SSSR count). The number of aromatic nitrogens is 2. The van der Waals surface area contributed by atoms with Crippen molar-refractivity contribution >= 4 is 27.6 Å². The number of fused-ring (bicyclic) bond motifs is 3. The van der Waals surface area contributed by atoms with E-state index in [1.165, 1.54) is 0 Å². The monoisotopic (exact) mass is 213 g/mol. The lowest BCUT2D eigenvalue weighted by Crippen LogP contribution is -1.96. The molecule has 2 heterocycles. The van der Waals surface area contributed by atoms with Crippen molar-refractivity contribution in [3.63, 3.8) is 0 Å². The van der Waals surface area contributed by atoms with Crippen molar-refractivity contribution < 1.29 is 0 Å². The summed E-state index contributed by atoms with van der Waals surface area (Å²) in [6, 6.07) is 6.96. The fourth-order valence-electron chi connectivity index (χ4n) is 2.14. The van der Waals surface area contributed by atoms with Gasteiger partial charge in [-0.25, -0.2) is 0 Å². The Morgan fingerprint density at radius 1 is 1.19 bits per heavy atom. The van der Waals surface area contributed by atoms with Gasteiger partial charge in [-0.3, -0.25) is 4.79 Å². The third kappa shape index (κ3) is 1.07. The Balaban J connectivity index is 2.64. The molecule has 0 spiro atoms. The topological polar surface area (TPSA) is 63.8 Å². The molecule has 0 bridgehead atoms. The summed E-state index contributed by atoms with van der Waals surface area (Å²) in [4.78, 5) is 14.3. The average Bonchev–Trinajstić information content (AvgIpc) is 2.52. The van der Waals surface area contributed by atoms with Gasteiger partial charge in [0.1, 0.15) is 5.82 Å². The van der Waals surface area contributed by atoms with Crippen molar-refractivity contribution in [2.45, 2.75) is 0 Å². The van der Waals surface area contributed by atoms with Gasteiger partial charge in [0.25, 0.3) is 0 Å². The molecule has 0 unspecified atom stereocenters. The number of H-pyrrole nitrogens is 1. The molecule has 0 fully saturated rings. The van der Waals surface area contributed by atoms with Gasteiger partial charge in [0.2, 0.25) is 0 Å². The van der Waals surface area contributed by atoms with Gasteiger partial charge in [-0.2, -0.15) is 0 Å². The molecule has 0 saturated carbocycles. The molecule has 0 saturated heterocycles. The number of anilines is 1. The highest BCUT2D eigenvalue weighted by Crippen LogP contribution is 2.27. The van der Waals surface area contributed by atoms with E-state index in [4.69, 9.17) is 5.73 Å². The highest BCUT2D eigenvalue weighted by atomic mass is 16.1. The number of benzene rings is 1. The summed E-state index contributed by atoms with van der Waals surface area (Å²) in [5, 5.41) is 2.12. The van der Waals surface area contributed by atoms with E-state index in [1.807, 2.05) is 29.9 Å². The van der Waals surface area contributed by atoms with Crippen molar-refractivity contribution in [1.29, 1.82) is 0 Å². The van der Waals surface area contributed by atoms with Crippen molar-refractivity contribution in [2.75, 3.05) is 5.73 Å². The molecule has 0 amide bonds. The standard InChI is InChI=1S/C12H11N3O/c1-15-10-4-7(16)2-3-8(10)9-5-12(13)14-6-11(9)15/h2-6,14H,13H2,1H3. The first-order chi connectivity index (χ1) is 7.66. The van der Waals surface area contributed by atoms with E-state index >= 15 is 0 Å². The maximum Gasteiger partial charge on any atom is 0.180 e. The molecular weight excluding hydrogens is 202 g/mol. The molecule has 4 nitrogen and oxygen atoms in total. The van der Waals surface area contributed by atoms with E-state index in [1.54, 1.807) is 12.1 Å². The van der Waals surface area contributed by atoms with Crippen LogP contribution in [0.5, 0.6) is 0 Å². The van der Waals surface area contributed by atoms with E-state index in [9.17, 15) is 4.79 Å². The Labute approximate surface area is 91.3 Å². The SMILES string of the molecule is Cn1c2c[nH]c(N)cc2c2ccc(=O)cc21. The number of nitrogens with zero attached hydrogens (tertiary/aromatic N) is 1. The molecule has 3 N–H and O–H groups in total. The number of aromatic amines is 1. The van der Waals surface area contributed by atoms with E-state index in [0.29, 0.717) is 5.82 Å². The van der Waals surface area contributed by atoms with Gasteiger partial charge >= 0.3 is 0 Å². The quantitative estimate of drug-likeness (QED) is 0.595. The van der Waals surface area contributed by atoms with E-state index in [-0.39, 0.29) is 5.43 Å². The summed E-state index contributed by atoms with van der Waals surface area (Å²) in [5.74, 6) is 0.617. The summed E-state index contributed by atoms with van der Waals surface area (Å²) in [6.45, 7) is 0. The van der Waals surface area contributed by atoms with Gasteiger partial charge in [0.15, 0.2) is 5.43 Å². The predicted molar refractivity (Wildman–Crippen MR) is 65.5 cm³/mol. The van der Waals surface area contributed by atoms with Crippen molar-refractivity contribution in [3.05, 3.63) is 40.7 Å². The van der Waals surface area contributed by atoms with Crippen molar-refractivity contribution in [2.24, 2.45) is 7.05 Å². The van der Waals surface area contributed by atoms with Gasteiger partial charge in [-0.1, -0.05) is 0 Å². The lowest BCUT2D eigenvalue weighted by molar-refractivity contribution is 1.01. The second-order valence-corrected chi connectivity index (χ2v) is 3.93. The summed E-state index contributed by atoms with van der Waals surface area (Å²) in [5.41, 5.74) is 7.72. The molecule has 4 heteroatoms. The van der Waals surface area contributed by atoms with Crippen LogP contribution in [0.1, 0.15) is 0 Å². The highest BCUT2D eigenvalue weighted by molar-refractivity contribution is 6.08. The third-order valence-corrected chi connectivity index (χ3v) is 2.93. The first-order valence-corrected chi connectivity index (χ1v) is 5.03. The maximum absolute atomic E-state index is 11.3. The fourth-order valence-corrected chi connectivity index (χ4v) is 2.14. The van der Waals surface area contributed by atoms with Gasteiger partial charge in [-0.15, -0.1) is 0 Å². The second kappa shape index (κ2) is 2.88. The number of aryl methyl sites for hydroxylation is 1. The van der Waals surface area contributed by atoms with Crippen LogP contribution in [0, 0.1) is 0 Å². The van der Waals surface area contributed by atoms with Crippen LogP contribution in [-0.2, 0) is 7.05 Å². The van der Waals surface area contributed by atoms with E-state index in [0.717, 1.165) is 21.8 Å². The molecule has 0 aliphatic heterocycles. The zero-order chi connectivity index (χ0) is 11.3. The minimum Gasteiger partial charge on any atom is -0.385 e. The van der Waals surface area contributed by atoms with E-state index in [2.05, 4.69) is 4.98 Å². The van der Waals surface area contributed by atoms with Gasteiger partial charge < -0.3 is 15.3 Å². The lowest BCUT2D eigenvalue weighted by atomic mass is 10.2. The molecule has 2 aromatic heterocycles. The first kappa shape index (κ1) is 9.03. The summed E-state index contributed by atoms with van der Waals surface area (Å²) >= 11 is 0. The molecule has 80 valence electrons. The van der Waals surface area contributed by atoms with Crippen LogP contribution in [0.2, 0.25) is 0 Å². The Bertz CT molecular complexity index is 752. The second-order valence-electron chi connectivity index (χ2n) is 3.93. The number of nitrogens with two attached hydrogens (primary N) is 1. The molecule has 0 aliphatic rings. The van der Waals surface area contributed by atoms with Crippen LogP contribution in [0.3, 0.4) is 0 Å². The average molecular weight is 213 g/mol. The van der Waals surface area contributed by atoms with E-state index < -0.39 is 0 Å². The minimum atomic E-state index is 0.0235. The lowest BCUT2D eigenvalue weighted by Gasteiger charge is -1.97. The van der Waals surface area contributed by atoms with Crippen molar-refractivity contribution in [3.8, 4) is 0 Å². The van der Waals surface area contributed by atoms with Crippen LogP contribution in [-0.4, -0.2) is 9.55 Å². The van der Waals surface area contributed by atoms with Gasteiger partial charge in [0.05, 0.1) is 11.0 Å². The number of hydrogen-bond acceptors (Lipinski definition) is 2. The molecule has 16 heavy (non-hydrogen) atoms. The molecule has 0 radical (unpaired) electrons. The fraction of sp³-hybridized carbons (Fsp3) is 0.0833. The zero-order valence-electron chi connectivity index (χ0n) is 8.82. The minimum absolute atomic E-state index is 0.0235. The number of nitrogens with one attached hydrogen (secondary N) is 1. The maximum atomic E-state index is 11.3. The van der Waals surface area contributed by atoms with Crippen molar-refractivity contribution in [1.82, 2.24) is 9.55 Å². The van der Waals surface area contributed by atoms with Crippen LogP contribution in [0.4, 0.5) is 5.82 Å². The molecule has 1 aromatic carbocycles. The summed E-state index contributed by atoms with van der Waals surface area (Å²) < 4.78 is 1.99. The normalized spacial score (nSPS) is 11.3. The number of hydrogen-bond donors (Lipinski definition) is 2. The number of pyridine rings is 1. The van der Waals surface area contributed by atoms with Gasteiger partial charge in [0, 0.05) is 30.1 Å². The van der Waals surface area contributed by atoms with Gasteiger partial charge in [-0.05, 0) is 18.2 Å². The summed E-state index contributed by atoms with van der Waals surface area (Å²) in [6.07, 6.45) is 1.86. The smallest absolute Gasteiger partial charge is 0.180 e.